The average molecular weight is 647 g/mol. The maximum Gasteiger partial charge on any atom is 0.191 e. The number of rotatable bonds is 4. The molecule has 0 atom stereocenters. The zero-order valence-electron chi connectivity index (χ0n) is 20.7. The summed E-state index contributed by atoms with van der Waals surface area (Å²) < 4.78 is 10.2. The lowest BCUT2D eigenvalue weighted by Gasteiger charge is -2.18. The third-order valence-electron chi connectivity index (χ3n) is 6.35. The molecule has 6 aromatic heterocycles. The maximum absolute atomic E-state index is 6.05. The first-order chi connectivity index (χ1) is 20.1. The molecule has 0 saturated carbocycles. The summed E-state index contributed by atoms with van der Waals surface area (Å²) >= 11 is 19.0. The smallest absolute Gasteiger partial charge is 0.191 e. The molecule has 2 aliphatic heterocycles. The number of aromatic nitrogens is 8. The van der Waals surface area contributed by atoms with E-state index in [0.29, 0.717) is 11.6 Å². The molecule has 8 rings (SSSR count). The Morgan fingerprint density at radius 1 is 0.463 bits per heavy atom. The lowest BCUT2D eigenvalue weighted by atomic mass is 10.4. The zero-order chi connectivity index (χ0) is 27.6. The molecule has 15 heteroatoms. The van der Waals surface area contributed by atoms with E-state index in [1.54, 1.807) is 72.6 Å². The molecule has 0 N–H and O–H groups in total. The Hall–Kier alpha value is -3.18. The Kier molecular flexibility index (Phi) is 6.21. The highest BCUT2D eigenvalue weighted by atomic mass is 32.3. The summed E-state index contributed by atoms with van der Waals surface area (Å²) in [6.07, 6.45) is 14.4. The molecule has 0 saturated heterocycles. The molecule has 41 heavy (non-hydrogen) atoms. The van der Waals surface area contributed by atoms with Crippen LogP contribution < -0.4 is 0 Å². The Morgan fingerprint density at radius 2 is 0.732 bits per heavy atom. The lowest BCUT2D eigenvalue weighted by Crippen LogP contribution is -2.12. The standard InChI is InChI=1S/C26H16N9S6/c36-25-31(17-5-1-9-27-13-17)21-22(32(25)18-6-2-10-28-14-18)39-35(38-21)40-23-24(41-35)34(20-8-4-12-30-16-20)26(37)33(23)19-7-3-11-29-15-19/h1-16H/q+1. The highest BCUT2D eigenvalue weighted by Gasteiger charge is 2.57. The van der Waals surface area contributed by atoms with Gasteiger partial charge in [0.1, 0.15) is 0 Å². The van der Waals surface area contributed by atoms with Crippen molar-refractivity contribution in [2.45, 2.75) is 20.1 Å². The lowest BCUT2D eigenvalue weighted by molar-refractivity contribution is -0.268. The van der Waals surface area contributed by atoms with Crippen molar-refractivity contribution in [2.75, 3.05) is 0 Å². The van der Waals surface area contributed by atoms with Crippen LogP contribution in [0.25, 0.3) is 22.7 Å². The van der Waals surface area contributed by atoms with Gasteiger partial charge in [-0.3, -0.25) is 38.2 Å². The van der Waals surface area contributed by atoms with Crippen LogP contribution in [-0.2, 0) is 0 Å². The highest BCUT2D eigenvalue weighted by molar-refractivity contribution is 8.31. The Labute approximate surface area is 261 Å². The largest absolute Gasteiger partial charge is 0.272 e. The molecule has 0 aliphatic carbocycles. The Morgan fingerprint density at radius 3 is 0.951 bits per heavy atom. The topological polar surface area (TPSA) is 71.3 Å². The van der Waals surface area contributed by atoms with Crippen LogP contribution in [0.15, 0.2) is 118 Å². The van der Waals surface area contributed by atoms with Gasteiger partial charge in [0, 0.05) is 24.8 Å². The summed E-state index contributed by atoms with van der Waals surface area (Å²) in [7, 11) is 0. The number of quaternary nitrogens is 1. The van der Waals surface area contributed by atoms with Crippen molar-refractivity contribution in [3.8, 4) is 22.7 Å². The van der Waals surface area contributed by atoms with Gasteiger partial charge < -0.3 is 0 Å². The first kappa shape index (κ1) is 25.5. The van der Waals surface area contributed by atoms with Crippen molar-refractivity contribution in [1.82, 2.24) is 38.2 Å². The Bertz CT molecular complexity index is 1750. The number of fused-ring (bicyclic) bond motifs is 2. The fraction of sp³-hybridized carbons (Fsp3) is 0. The van der Waals surface area contributed by atoms with Crippen LogP contribution in [0.2, 0.25) is 0 Å². The summed E-state index contributed by atoms with van der Waals surface area (Å²) in [5.41, 5.74) is 3.65. The van der Waals surface area contributed by atoms with E-state index in [4.69, 9.17) is 24.4 Å². The molecule has 0 unspecified atom stereocenters. The second kappa shape index (κ2) is 9.97. The molecule has 0 amide bonds. The van der Waals surface area contributed by atoms with E-state index < -0.39 is 0 Å². The van der Waals surface area contributed by atoms with Crippen molar-refractivity contribution >= 4 is 72.2 Å². The van der Waals surface area contributed by atoms with E-state index in [9.17, 15) is 0 Å². The molecule has 0 aromatic carbocycles. The minimum Gasteiger partial charge on any atom is -0.272 e. The second-order valence-electron chi connectivity index (χ2n) is 8.78. The van der Waals surface area contributed by atoms with Crippen molar-refractivity contribution in [2.24, 2.45) is 0 Å². The molecule has 0 fully saturated rings. The van der Waals surface area contributed by atoms with Crippen LogP contribution in [0.1, 0.15) is 0 Å². The minimum atomic E-state index is 0.502. The molecule has 200 valence electrons. The molecular formula is C26H16N9S6+. The molecule has 1 spiro atoms. The average Bonchev–Trinajstić information content (AvgIpc) is 3.69. The molecule has 2 aliphatic rings. The molecule has 9 nitrogen and oxygen atoms in total. The second-order valence-corrected chi connectivity index (χ2v) is 15.4. The van der Waals surface area contributed by atoms with Gasteiger partial charge in [0.25, 0.3) is 0 Å². The fourth-order valence-corrected chi connectivity index (χ4v) is 12.2. The van der Waals surface area contributed by atoms with Crippen LogP contribution in [0.3, 0.4) is 0 Å². The van der Waals surface area contributed by atoms with Gasteiger partial charge in [-0.2, -0.15) is 0 Å². The normalized spacial score (nSPS) is 14.8. The first-order valence-electron chi connectivity index (χ1n) is 12.2. The number of hydrogen-bond acceptors (Lipinski definition) is 10. The van der Waals surface area contributed by atoms with Gasteiger partial charge in [-0.1, -0.05) is 2.10 Å². The third kappa shape index (κ3) is 4.06. The third-order valence-corrected chi connectivity index (χ3v) is 13.1. The van der Waals surface area contributed by atoms with Crippen LogP contribution in [0, 0.1) is 9.54 Å². The summed E-state index contributed by atoms with van der Waals surface area (Å²) in [6, 6.07) is 15.8. The number of hydrogen-bond donors (Lipinski definition) is 0. The molecule has 0 bridgehead atoms. The van der Waals surface area contributed by atoms with Crippen LogP contribution in [0.5, 0.6) is 0 Å². The van der Waals surface area contributed by atoms with Gasteiger partial charge >= 0.3 is 0 Å². The van der Waals surface area contributed by atoms with E-state index >= 15 is 0 Å². The Balaban J connectivity index is 1.30. The maximum atomic E-state index is 6.05. The minimum absolute atomic E-state index is 0.502. The SMILES string of the molecule is S=c1n(-c2cccnc2)c2c(n1-c1cccnc1)S[N+]1(S2)Sc2c(n(-c3cccnc3)c(=S)n2-c2cccnc2)S1. The van der Waals surface area contributed by atoms with Gasteiger partial charge in [-0.25, -0.2) is 0 Å². The number of nitrogens with zero attached hydrogens (tertiary/aromatic N) is 9. The van der Waals surface area contributed by atoms with E-state index in [2.05, 4.69) is 38.2 Å². The summed E-state index contributed by atoms with van der Waals surface area (Å²) in [5, 5.41) is 4.17. The van der Waals surface area contributed by atoms with E-state index in [1.807, 2.05) is 73.3 Å². The van der Waals surface area contributed by atoms with Crippen molar-refractivity contribution < 1.29 is 2.10 Å². The molecule has 6 aromatic rings. The number of pyridine rings is 4. The predicted octanol–water partition coefficient (Wildman–Crippen LogP) is 7.46. The van der Waals surface area contributed by atoms with Gasteiger partial charge in [-0.05, 0) is 73.0 Å². The molecule has 0 radical (unpaired) electrons. The molecular weight excluding hydrogens is 631 g/mol. The monoisotopic (exact) mass is 646 g/mol. The van der Waals surface area contributed by atoms with E-state index in [1.165, 1.54) is 0 Å². The first-order valence-corrected chi connectivity index (χ1v) is 16.1. The van der Waals surface area contributed by atoms with Crippen molar-refractivity contribution in [3.63, 3.8) is 0 Å². The number of imidazole rings is 2. The van der Waals surface area contributed by atoms with Crippen molar-refractivity contribution in [1.29, 1.82) is 0 Å². The summed E-state index contributed by atoms with van der Waals surface area (Å²) in [6.45, 7) is 0. The summed E-state index contributed by atoms with van der Waals surface area (Å²) in [4.78, 5) is 17.5. The van der Waals surface area contributed by atoms with Crippen LogP contribution in [-0.4, -0.2) is 40.3 Å². The fourth-order valence-electron chi connectivity index (χ4n) is 4.64. The van der Waals surface area contributed by atoms with Gasteiger partial charge in [0.05, 0.1) is 47.5 Å². The predicted molar refractivity (Wildman–Crippen MR) is 167 cm³/mol. The molecule has 8 heterocycles. The highest BCUT2D eigenvalue weighted by Crippen LogP contribution is 2.72. The van der Waals surface area contributed by atoms with Crippen LogP contribution >= 0.6 is 72.2 Å². The summed E-state index contributed by atoms with van der Waals surface area (Å²) in [5.74, 6) is 0. The van der Waals surface area contributed by atoms with Crippen LogP contribution in [0.4, 0.5) is 0 Å². The zero-order valence-corrected chi connectivity index (χ0v) is 25.6. The van der Waals surface area contributed by atoms with Gasteiger partial charge in [0.2, 0.25) is 0 Å². The van der Waals surface area contributed by atoms with Gasteiger partial charge in [0.15, 0.2) is 77.4 Å². The van der Waals surface area contributed by atoms with Gasteiger partial charge in [-0.15, -0.1) is 0 Å². The van der Waals surface area contributed by atoms with E-state index in [0.717, 1.165) is 42.9 Å². The quantitative estimate of drug-likeness (QED) is 0.110. The van der Waals surface area contributed by atoms with Crippen molar-refractivity contribution in [3.05, 3.63) is 108 Å². The van der Waals surface area contributed by atoms with E-state index in [-0.39, 0.29) is 0 Å².